The summed E-state index contributed by atoms with van der Waals surface area (Å²) in [6, 6.07) is 17.5. The number of allylic oxidation sites excluding steroid dienone is 2. The maximum atomic E-state index is 6.22. The molecule has 0 unspecified atom stereocenters. The van der Waals surface area contributed by atoms with Crippen LogP contribution in [0.15, 0.2) is 72.0 Å². The summed E-state index contributed by atoms with van der Waals surface area (Å²) in [5, 5.41) is 7.27. The Hall–Kier alpha value is -4.45. The van der Waals surface area contributed by atoms with Crippen LogP contribution in [-0.4, -0.2) is 70.5 Å². The fourth-order valence-corrected chi connectivity index (χ4v) is 6.96. The van der Waals surface area contributed by atoms with Gasteiger partial charge in [0.2, 0.25) is 5.88 Å². The maximum absolute atomic E-state index is 6.22. The van der Waals surface area contributed by atoms with Gasteiger partial charge in [-0.3, -0.25) is 9.97 Å². The minimum absolute atomic E-state index is 0.511. The van der Waals surface area contributed by atoms with Gasteiger partial charge in [0.1, 0.15) is 18.3 Å². The predicted molar refractivity (Wildman–Crippen MR) is 190 cm³/mol. The molecule has 0 spiro atoms. The highest BCUT2D eigenvalue weighted by molar-refractivity contribution is 6.76. The number of hydrogen-bond donors (Lipinski definition) is 1. The van der Waals surface area contributed by atoms with E-state index in [0.717, 1.165) is 95.3 Å². The lowest BCUT2D eigenvalue weighted by Crippen LogP contribution is -2.35. The molecule has 1 aliphatic heterocycles. The van der Waals surface area contributed by atoms with Gasteiger partial charge in [0.05, 0.1) is 29.3 Å². The molecule has 47 heavy (non-hydrogen) atoms. The molecular weight excluding hydrogens is 605 g/mol. The van der Waals surface area contributed by atoms with Gasteiger partial charge in [0.15, 0.2) is 11.5 Å². The molecule has 2 aliphatic rings. The summed E-state index contributed by atoms with van der Waals surface area (Å²) in [6.45, 7) is 9.19. The Morgan fingerprint density at radius 1 is 0.936 bits per heavy atom. The van der Waals surface area contributed by atoms with E-state index in [2.05, 4.69) is 58.3 Å². The normalized spacial score (nSPS) is 16.6. The number of hydrogen-bond acceptors (Lipinski definition) is 8. The fourth-order valence-electron chi connectivity index (χ4n) is 6.21. The van der Waals surface area contributed by atoms with Crippen LogP contribution >= 0.6 is 0 Å². The van der Waals surface area contributed by atoms with Gasteiger partial charge in [-0.15, -0.1) is 0 Å². The topological polar surface area (TPSA) is 102 Å². The summed E-state index contributed by atoms with van der Waals surface area (Å²) in [5.74, 6) is 1.97. The molecule has 3 aromatic heterocycles. The molecule has 5 aromatic rings. The summed E-state index contributed by atoms with van der Waals surface area (Å²) in [6.07, 6.45) is 10.9. The molecule has 1 saturated heterocycles. The van der Waals surface area contributed by atoms with Crippen LogP contribution in [0.25, 0.3) is 44.6 Å². The van der Waals surface area contributed by atoms with E-state index in [4.69, 9.17) is 24.5 Å². The Balaban J connectivity index is 1.38. The van der Waals surface area contributed by atoms with Crippen molar-refractivity contribution in [2.75, 3.05) is 27.0 Å². The SMILES string of the molecule is COc1c(-c2ccc3nccnc3c2)c(N=C2CCN(COCC[Si](C)(C)C)N2)nc2c(C3=CCCCC3)c(-c3ccccc3)nn12. The van der Waals surface area contributed by atoms with Crippen LogP contribution < -0.4 is 10.2 Å². The third kappa shape index (κ3) is 6.69. The maximum Gasteiger partial charge on any atom is 0.228 e. The van der Waals surface area contributed by atoms with Crippen LogP contribution in [0.3, 0.4) is 0 Å². The molecule has 0 atom stereocenters. The summed E-state index contributed by atoms with van der Waals surface area (Å²) in [4.78, 5) is 19.6. The number of benzene rings is 2. The van der Waals surface area contributed by atoms with E-state index in [1.165, 1.54) is 12.0 Å². The van der Waals surface area contributed by atoms with Gasteiger partial charge in [-0.25, -0.2) is 9.98 Å². The standard InChI is InChI=1S/C36H42N8O2Si/c1-45-36-32(27-15-16-28-29(23-27)38-19-18-37-28)34(39-30-17-20-43(41-30)24-46-21-22-47(2,3)4)40-35-31(25-11-7-5-8-12-25)33(42-44(35)36)26-13-9-6-10-14-26/h6,9-11,13-16,18-19,23H,5,7-8,12,17,20-22,24H2,1-4H3,(H,39,40,41). The van der Waals surface area contributed by atoms with E-state index in [0.29, 0.717) is 18.4 Å². The lowest BCUT2D eigenvalue weighted by atomic mass is 9.92. The quantitative estimate of drug-likeness (QED) is 0.123. The number of aliphatic imine (C=N–C) groups is 1. The third-order valence-electron chi connectivity index (χ3n) is 8.70. The van der Waals surface area contributed by atoms with Crippen molar-refractivity contribution in [1.29, 1.82) is 0 Å². The average molecular weight is 647 g/mol. The van der Waals surface area contributed by atoms with Gasteiger partial charge in [-0.2, -0.15) is 14.6 Å². The largest absolute Gasteiger partial charge is 0.480 e. The van der Waals surface area contributed by atoms with Crippen LogP contribution in [0.5, 0.6) is 5.88 Å². The second kappa shape index (κ2) is 13.3. The minimum atomic E-state index is -1.15. The molecule has 1 fully saturated rings. The zero-order chi connectivity index (χ0) is 32.4. The Kier molecular flexibility index (Phi) is 8.85. The lowest BCUT2D eigenvalue weighted by Gasteiger charge is -2.19. The molecule has 7 rings (SSSR count). The van der Waals surface area contributed by atoms with Crippen LogP contribution in [0.4, 0.5) is 5.82 Å². The summed E-state index contributed by atoms with van der Waals surface area (Å²) < 4.78 is 14.1. The van der Waals surface area contributed by atoms with Gasteiger partial charge in [-0.05, 0) is 55.0 Å². The molecule has 10 nitrogen and oxygen atoms in total. The minimum Gasteiger partial charge on any atom is -0.480 e. The van der Waals surface area contributed by atoms with E-state index in [9.17, 15) is 0 Å². The molecule has 1 aliphatic carbocycles. The number of hydrazine groups is 1. The number of nitrogens with zero attached hydrogens (tertiary/aromatic N) is 7. The smallest absolute Gasteiger partial charge is 0.228 e. The van der Waals surface area contributed by atoms with Crippen molar-refractivity contribution in [2.24, 2.45) is 4.99 Å². The third-order valence-corrected chi connectivity index (χ3v) is 10.4. The highest BCUT2D eigenvalue weighted by Crippen LogP contribution is 2.43. The van der Waals surface area contributed by atoms with Gasteiger partial charge in [-0.1, -0.05) is 62.1 Å². The summed E-state index contributed by atoms with van der Waals surface area (Å²) in [7, 11) is 0.537. The Labute approximate surface area is 276 Å². The number of methoxy groups -OCH3 is 1. The van der Waals surface area contributed by atoms with E-state index in [1.807, 2.05) is 40.9 Å². The van der Waals surface area contributed by atoms with Crippen LogP contribution in [0.1, 0.15) is 37.7 Å². The number of amidine groups is 1. The van der Waals surface area contributed by atoms with Crippen molar-refractivity contribution in [3.05, 3.63) is 72.6 Å². The Morgan fingerprint density at radius 3 is 2.53 bits per heavy atom. The van der Waals surface area contributed by atoms with Crippen molar-refractivity contribution in [2.45, 2.75) is 57.8 Å². The Morgan fingerprint density at radius 2 is 1.77 bits per heavy atom. The summed E-state index contributed by atoms with van der Waals surface area (Å²) >= 11 is 0. The van der Waals surface area contributed by atoms with Crippen LogP contribution in [0.2, 0.25) is 25.7 Å². The van der Waals surface area contributed by atoms with Gasteiger partial charge in [0.25, 0.3) is 0 Å². The first-order valence-corrected chi connectivity index (χ1v) is 20.2. The zero-order valence-corrected chi connectivity index (χ0v) is 28.7. The predicted octanol–water partition coefficient (Wildman–Crippen LogP) is 7.53. The Bertz CT molecular complexity index is 1970. The second-order valence-corrected chi connectivity index (χ2v) is 19.0. The average Bonchev–Trinajstić information content (AvgIpc) is 3.70. The molecule has 0 radical (unpaired) electrons. The molecule has 0 saturated carbocycles. The first-order chi connectivity index (χ1) is 22.9. The zero-order valence-electron chi connectivity index (χ0n) is 27.7. The molecule has 11 heteroatoms. The van der Waals surface area contributed by atoms with Crippen molar-refractivity contribution in [1.82, 2.24) is 35.0 Å². The molecular formula is C36H42N8O2Si. The van der Waals surface area contributed by atoms with Gasteiger partial charge < -0.3 is 14.9 Å². The molecule has 0 bridgehead atoms. The number of nitrogens with one attached hydrogen (secondary N) is 1. The van der Waals surface area contributed by atoms with E-state index < -0.39 is 8.07 Å². The second-order valence-electron chi connectivity index (χ2n) is 13.4. The number of ether oxygens (including phenoxy) is 2. The van der Waals surface area contributed by atoms with Crippen molar-refractivity contribution in [3.63, 3.8) is 0 Å². The molecule has 0 amide bonds. The van der Waals surface area contributed by atoms with Crippen molar-refractivity contribution in [3.8, 4) is 28.3 Å². The lowest BCUT2D eigenvalue weighted by molar-refractivity contribution is 0.0295. The van der Waals surface area contributed by atoms with E-state index in [1.54, 1.807) is 19.5 Å². The number of aromatic nitrogens is 5. The molecule has 1 N–H and O–H groups in total. The van der Waals surface area contributed by atoms with Gasteiger partial charge >= 0.3 is 0 Å². The molecule has 2 aromatic carbocycles. The van der Waals surface area contributed by atoms with Crippen LogP contribution in [-0.2, 0) is 4.74 Å². The van der Waals surface area contributed by atoms with E-state index >= 15 is 0 Å². The monoisotopic (exact) mass is 646 g/mol. The first kappa shape index (κ1) is 31.2. The fraction of sp³-hybridized carbons (Fsp3) is 0.361. The summed E-state index contributed by atoms with van der Waals surface area (Å²) in [5.41, 5.74) is 11.7. The molecule has 242 valence electrons. The number of rotatable bonds is 10. The highest BCUT2D eigenvalue weighted by Gasteiger charge is 2.28. The van der Waals surface area contributed by atoms with E-state index in [-0.39, 0.29) is 0 Å². The van der Waals surface area contributed by atoms with Crippen molar-refractivity contribution >= 4 is 42.0 Å². The van der Waals surface area contributed by atoms with Crippen LogP contribution in [0, 0.1) is 0 Å². The highest BCUT2D eigenvalue weighted by atomic mass is 28.3. The van der Waals surface area contributed by atoms with Gasteiger partial charge in [0, 0.05) is 45.6 Å². The first-order valence-electron chi connectivity index (χ1n) is 16.5. The molecule has 4 heterocycles. The van der Waals surface area contributed by atoms with Crippen molar-refractivity contribution < 1.29 is 9.47 Å². The number of fused-ring (bicyclic) bond motifs is 2.